The lowest BCUT2D eigenvalue weighted by Crippen LogP contribution is -2.30. The number of hydrogen-bond donors (Lipinski definition) is 0. The number of carbonyl (C=O) groups is 3. The molecule has 0 aliphatic carbocycles. The number of hydrogen-bond acceptors (Lipinski definition) is 6. The van der Waals surface area contributed by atoms with Crippen LogP contribution in [0.2, 0.25) is 0 Å². The highest BCUT2D eigenvalue weighted by molar-refractivity contribution is 5.71. The molecule has 450 valence electrons. The maximum atomic E-state index is 12.9. The molecule has 0 spiro atoms. The molecule has 6 nitrogen and oxygen atoms in total. The van der Waals surface area contributed by atoms with Crippen LogP contribution in [-0.2, 0) is 28.6 Å². The van der Waals surface area contributed by atoms with Gasteiger partial charge in [-0.05, 0) is 128 Å². The fourth-order valence-corrected chi connectivity index (χ4v) is 8.48. The van der Waals surface area contributed by atoms with Crippen LogP contribution >= 0.6 is 0 Å². The first kappa shape index (κ1) is 75.0. The van der Waals surface area contributed by atoms with E-state index in [2.05, 4.69) is 179 Å². The first-order valence-electron chi connectivity index (χ1n) is 32.5. The molecule has 80 heavy (non-hydrogen) atoms. The lowest BCUT2D eigenvalue weighted by molar-refractivity contribution is -0.167. The van der Waals surface area contributed by atoms with Gasteiger partial charge in [-0.3, -0.25) is 14.4 Å². The van der Waals surface area contributed by atoms with Crippen molar-refractivity contribution in [1.82, 2.24) is 0 Å². The van der Waals surface area contributed by atoms with E-state index < -0.39 is 6.10 Å². The molecule has 0 fully saturated rings. The van der Waals surface area contributed by atoms with E-state index in [4.69, 9.17) is 14.2 Å². The van der Waals surface area contributed by atoms with Crippen molar-refractivity contribution in [2.45, 2.75) is 277 Å². The summed E-state index contributed by atoms with van der Waals surface area (Å²) in [6, 6.07) is 0. The molecule has 0 N–H and O–H groups in total. The molecule has 0 aliphatic heterocycles. The first-order valence-corrected chi connectivity index (χ1v) is 32.5. The summed E-state index contributed by atoms with van der Waals surface area (Å²) in [6.07, 6.45) is 97.1. The molecule has 0 rings (SSSR count). The largest absolute Gasteiger partial charge is 0.462 e. The Bertz CT molecular complexity index is 1790. The average Bonchev–Trinajstić information content (AvgIpc) is 3.46. The smallest absolute Gasteiger partial charge is 0.306 e. The van der Waals surface area contributed by atoms with Crippen LogP contribution in [0.3, 0.4) is 0 Å². The summed E-state index contributed by atoms with van der Waals surface area (Å²) in [6.45, 7) is 6.33. The second-order valence-electron chi connectivity index (χ2n) is 20.9. The number of rotatable bonds is 57. The Morgan fingerprint density at radius 2 is 0.487 bits per heavy atom. The monoisotopic (exact) mass is 1100 g/mol. The average molecular weight is 1100 g/mol. The van der Waals surface area contributed by atoms with Crippen LogP contribution in [0.4, 0.5) is 0 Å². The molecule has 0 aliphatic rings. The first-order chi connectivity index (χ1) is 39.5. The molecule has 0 heterocycles. The summed E-state index contributed by atoms with van der Waals surface area (Å²) < 4.78 is 16.8. The SMILES string of the molecule is CC/C=C\C/C=C\C/C=C\C/C=C\C/C=C\C/C=C\C/C=C\CCCCCCCC(=O)OC(COC(=O)CCCCCCCC)COC(=O)CCCCCCCCCCCC/C=C\C/C=C\C/C=C\C/C=C\C/C=C\C/C=C\CC. The van der Waals surface area contributed by atoms with Crippen molar-refractivity contribution in [3.8, 4) is 0 Å². The minimum atomic E-state index is -0.795. The molecule has 0 aromatic carbocycles. The third-order valence-electron chi connectivity index (χ3n) is 13.3. The Labute approximate surface area is 492 Å². The third-order valence-corrected chi connectivity index (χ3v) is 13.3. The zero-order chi connectivity index (χ0) is 57.8. The van der Waals surface area contributed by atoms with Crippen LogP contribution in [0.1, 0.15) is 271 Å². The van der Waals surface area contributed by atoms with Crippen LogP contribution in [0.25, 0.3) is 0 Å². The lowest BCUT2D eigenvalue weighted by Gasteiger charge is -2.18. The van der Waals surface area contributed by atoms with E-state index in [1.807, 2.05) is 0 Å². The molecule has 0 saturated carbocycles. The van der Waals surface area contributed by atoms with E-state index in [9.17, 15) is 14.4 Å². The molecule has 0 saturated heterocycles. The van der Waals surface area contributed by atoms with Crippen LogP contribution in [0, 0.1) is 0 Å². The molecule has 0 aromatic rings. The van der Waals surface area contributed by atoms with Gasteiger partial charge in [0.15, 0.2) is 6.10 Å². The predicted molar refractivity (Wildman–Crippen MR) is 348 cm³/mol. The maximum Gasteiger partial charge on any atom is 0.306 e. The summed E-state index contributed by atoms with van der Waals surface area (Å²) in [4.78, 5) is 38.1. The van der Waals surface area contributed by atoms with Crippen molar-refractivity contribution in [3.63, 3.8) is 0 Å². The summed E-state index contributed by atoms with van der Waals surface area (Å²) in [5.74, 6) is -0.929. The van der Waals surface area contributed by atoms with Gasteiger partial charge in [0.1, 0.15) is 13.2 Å². The Kier molecular flexibility index (Phi) is 62.4. The quantitative estimate of drug-likeness (QED) is 0.0261. The standard InChI is InChI=1S/C74H118O6/c1-4-7-10-13-16-18-20-22-24-26-28-30-32-34-36-37-39-40-42-44-46-48-50-52-54-56-58-61-64-67-73(76)79-70-71(69-78-72(75)66-63-60-15-12-9-6-3)80-74(77)68-65-62-59-57-55-53-51-49-47-45-43-41-38-35-33-31-29-27-25-23-21-19-17-14-11-8-5-2/h7-8,10-11,16-19,22-25,28-31,34-36,38-40,43,45,49,51,71H,4-6,9,12-15,20-21,26-27,32-33,37,41-42,44,46-48,50,52-70H2,1-3H3/b10-7-,11-8-,18-16-,19-17-,24-22-,25-23-,30-28-,31-29-,36-34-,38-35-,40-39-,45-43-,51-49-. The normalized spacial score (nSPS) is 13.2. The minimum Gasteiger partial charge on any atom is -0.462 e. The zero-order valence-corrected chi connectivity index (χ0v) is 51.5. The van der Waals surface area contributed by atoms with E-state index in [1.165, 1.54) is 70.6 Å². The number of unbranched alkanes of at least 4 members (excludes halogenated alkanes) is 20. The zero-order valence-electron chi connectivity index (χ0n) is 51.5. The Hall–Kier alpha value is -4.97. The van der Waals surface area contributed by atoms with Crippen molar-refractivity contribution < 1.29 is 28.6 Å². The van der Waals surface area contributed by atoms with Crippen molar-refractivity contribution in [2.24, 2.45) is 0 Å². The van der Waals surface area contributed by atoms with E-state index in [1.54, 1.807) is 0 Å². The van der Waals surface area contributed by atoms with E-state index in [-0.39, 0.29) is 31.1 Å². The topological polar surface area (TPSA) is 78.9 Å². The summed E-state index contributed by atoms with van der Waals surface area (Å²) in [7, 11) is 0. The highest BCUT2D eigenvalue weighted by atomic mass is 16.6. The van der Waals surface area contributed by atoms with Crippen LogP contribution < -0.4 is 0 Å². The van der Waals surface area contributed by atoms with Crippen molar-refractivity contribution in [2.75, 3.05) is 13.2 Å². The molecule has 0 bridgehead atoms. The molecule has 0 aromatic heterocycles. The van der Waals surface area contributed by atoms with Crippen LogP contribution in [-0.4, -0.2) is 37.2 Å². The van der Waals surface area contributed by atoms with Gasteiger partial charge in [0.05, 0.1) is 0 Å². The van der Waals surface area contributed by atoms with Crippen molar-refractivity contribution >= 4 is 17.9 Å². The van der Waals surface area contributed by atoms with Crippen molar-refractivity contribution in [3.05, 3.63) is 158 Å². The number of esters is 3. The highest BCUT2D eigenvalue weighted by Crippen LogP contribution is 2.15. The maximum absolute atomic E-state index is 12.9. The van der Waals surface area contributed by atoms with Gasteiger partial charge >= 0.3 is 17.9 Å². The van der Waals surface area contributed by atoms with E-state index in [0.717, 1.165) is 161 Å². The second-order valence-corrected chi connectivity index (χ2v) is 20.9. The molecule has 1 atom stereocenters. The Morgan fingerprint density at radius 1 is 0.263 bits per heavy atom. The summed E-state index contributed by atoms with van der Waals surface area (Å²) in [5.41, 5.74) is 0. The third kappa shape index (κ3) is 63.9. The van der Waals surface area contributed by atoms with Gasteiger partial charge < -0.3 is 14.2 Å². The predicted octanol–water partition coefficient (Wildman–Crippen LogP) is 22.5. The minimum absolute atomic E-state index is 0.0925. The highest BCUT2D eigenvalue weighted by Gasteiger charge is 2.19. The molecular weight excluding hydrogens is 985 g/mol. The molecule has 0 radical (unpaired) electrons. The van der Waals surface area contributed by atoms with E-state index in [0.29, 0.717) is 19.3 Å². The fourth-order valence-electron chi connectivity index (χ4n) is 8.48. The van der Waals surface area contributed by atoms with Crippen LogP contribution in [0.15, 0.2) is 158 Å². The Morgan fingerprint density at radius 3 is 0.762 bits per heavy atom. The number of carbonyl (C=O) groups excluding carboxylic acids is 3. The Balaban J connectivity index is 4.18. The van der Waals surface area contributed by atoms with Crippen molar-refractivity contribution in [1.29, 1.82) is 0 Å². The fraction of sp³-hybridized carbons (Fsp3) is 0.608. The van der Waals surface area contributed by atoms with Gasteiger partial charge in [0.25, 0.3) is 0 Å². The molecule has 1 unspecified atom stereocenters. The molecular formula is C74H118O6. The number of allylic oxidation sites excluding steroid dienone is 26. The summed E-state index contributed by atoms with van der Waals surface area (Å²) >= 11 is 0. The van der Waals surface area contributed by atoms with Gasteiger partial charge in [0, 0.05) is 19.3 Å². The van der Waals surface area contributed by atoms with Gasteiger partial charge in [-0.1, -0.05) is 281 Å². The summed E-state index contributed by atoms with van der Waals surface area (Å²) in [5, 5.41) is 0. The number of ether oxygens (including phenoxy) is 3. The van der Waals surface area contributed by atoms with Gasteiger partial charge in [-0.25, -0.2) is 0 Å². The second kappa shape index (κ2) is 66.5. The molecule has 6 heteroatoms. The van der Waals surface area contributed by atoms with Gasteiger partial charge in [-0.2, -0.15) is 0 Å². The van der Waals surface area contributed by atoms with E-state index >= 15 is 0 Å². The lowest BCUT2D eigenvalue weighted by atomic mass is 10.1. The van der Waals surface area contributed by atoms with Gasteiger partial charge in [0.2, 0.25) is 0 Å². The van der Waals surface area contributed by atoms with Crippen LogP contribution in [0.5, 0.6) is 0 Å². The molecule has 0 amide bonds. The van der Waals surface area contributed by atoms with Gasteiger partial charge in [-0.15, -0.1) is 0 Å².